The lowest BCUT2D eigenvalue weighted by atomic mass is 9.72. The molecule has 2 aliphatic heterocycles. The van der Waals surface area contributed by atoms with Crippen molar-refractivity contribution in [1.29, 1.82) is 0 Å². The third-order valence-corrected chi connectivity index (χ3v) is 8.21. The zero-order valence-corrected chi connectivity index (χ0v) is 23.7. The van der Waals surface area contributed by atoms with E-state index in [-0.39, 0.29) is 18.2 Å². The van der Waals surface area contributed by atoms with Gasteiger partial charge in [0, 0.05) is 44.2 Å². The Morgan fingerprint density at radius 2 is 1.95 bits per heavy atom. The molecule has 0 bridgehead atoms. The smallest absolute Gasteiger partial charge is 0.406 e. The Kier molecular flexibility index (Phi) is 10.5. The van der Waals surface area contributed by atoms with Gasteiger partial charge >= 0.3 is 6.09 Å². The van der Waals surface area contributed by atoms with Crippen molar-refractivity contribution in [3.8, 4) is 11.1 Å². The second-order valence-corrected chi connectivity index (χ2v) is 10.7. The molecule has 2 amide bonds. The number of nitrogens with zero attached hydrogens (tertiary/aromatic N) is 2. The average molecular weight is 556 g/mol. The van der Waals surface area contributed by atoms with Crippen molar-refractivity contribution in [3.05, 3.63) is 59.4 Å². The van der Waals surface area contributed by atoms with E-state index in [9.17, 15) is 14.7 Å². The Morgan fingerprint density at radius 3 is 2.70 bits per heavy atom. The predicted molar refractivity (Wildman–Crippen MR) is 151 cm³/mol. The summed E-state index contributed by atoms with van der Waals surface area (Å²) in [6.07, 6.45) is 2.46. The van der Waals surface area contributed by atoms with Crippen LogP contribution in [0.2, 0.25) is 0 Å². The summed E-state index contributed by atoms with van der Waals surface area (Å²) in [6.45, 7) is 6.39. The van der Waals surface area contributed by atoms with Crippen LogP contribution in [0, 0.1) is 11.7 Å². The minimum absolute atomic E-state index is 0.0384. The summed E-state index contributed by atoms with van der Waals surface area (Å²) in [5.74, 6) is -0.660. The van der Waals surface area contributed by atoms with E-state index in [0.29, 0.717) is 63.4 Å². The molecule has 218 valence electrons. The van der Waals surface area contributed by atoms with E-state index >= 15 is 4.39 Å². The highest BCUT2D eigenvalue weighted by Gasteiger charge is 2.43. The van der Waals surface area contributed by atoms with Crippen LogP contribution in [-0.2, 0) is 26.3 Å². The van der Waals surface area contributed by atoms with Crippen molar-refractivity contribution >= 4 is 12.0 Å². The molecule has 8 nitrogen and oxygen atoms in total. The van der Waals surface area contributed by atoms with Gasteiger partial charge in [0.05, 0.1) is 32.5 Å². The summed E-state index contributed by atoms with van der Waals surface area (Å²) >= 11 is 0. The molecule has 0 aliphatic carbocycles. The molecular formula is C31H42FN3O5. The lowest BCUT2D eigenvalue weighted by molar-refractivity contribution is -0.138. The van der Waals surface area contributed by atoms with Crippen LogP contribution in [0.5, 0.6) is 0 Å². The number of aliphatic hydroxyl groups is 1. The van der Waals surface area contributed by atoms with E-state index in [2.05, 4.69) is 21.9 Å². The van der Waals surface area contributed by atoms with E-state index in [1.807, 2.05) is 29.2 Å². The number of rotatable bonds is 10. The van der Waals surface area contributed by atoms with E-state index < -0.39 is 17.5 Å². The lowest BCUT2D eigenvalue weighted by Gasteiger charge is -2.44. The van der Waals surface area contributed by atoms with Gasteiger partial charge in [-0.2, -0.15) is 0 Å². The number of carbonyl (C=O) groups excluding carboxylic acids is 2. The quantitative estimate of drug-likeness (QED) is 0.432. The maximum atomic E-state index is 15.6. The number of nitrogens with one attached hydrogen (secondary N) is 1. The molecule has 2 aliphatic rings. The fourth-order valence-corrected chi connectivity index (χ4v) is 5.95. The molecular weight excluding hydrogens is 513 g/mol. The highest BCUT2D eigenvalue weighted by molar-refractivity contribution is 5.78. The zero-order valence-electron chi connectivity index (χ0n) is 23.7. The number of carbonyl (C=O) groups is 2. The first kappa shape index (κ1) is 30.0. The Bertz CT molecular complexity index is 1160. The number of alkyl carbamates (subject to hydrolysis) is 1. The van der Waals surface area contributed by atoms with Crippen molar-refractivity contribution < 1.29 is 28.6 Å². The van der Waals surface area contributed by atoms with Crippen LogP contribution in [0.15, 0.2) is 42.5 Å². The van der Waals surface area contributed by atoms with Crippen LogP contribution in [-0.4, -0.2) is 86.5 Å². The number of hydrogen-bond donors (Lipinski definition) is 2. The van der Waals surface area contributed by atoms with Crippen molar-refractivity contribution in [1.82, 2.24) is 15.1 Å². The standard InChI is InChI=1S/C31H42FN3O5/c1-3-23-8-4-9-24(20-23)29-26(11-5-12-27(29)32)31(38,13-7-14-33-30(37)39-2)25-10-6-15-35(21-25)28(36)22-34-16-18-40-19-17-34/h4-5,8-9,11-12,20,25,38H,3,6-7,10,13-19,21-22H2,1-2H3,(H,33,37)/t25-,31?/m1/s1. The second-order valence-electron chi connectivity index (χ2n) is 10.7. The van der Waals surface area contributed by atoms with Crippen molar-refractivity contribution in [2.45, 2.75) is 44.6 Å². The van der Waals surface area contributed by atoms with Crippen molar-refractivity contribution in [3.63, 3.8) is 0 Å². The number of benzene rings is 2. The summed E-state index contributed by atoms with van der Waals surface area (Å²) in [6, 6.07) is 12.6. The Morgan fingerprint density at radius 1 is 1.18 bits per heavy atom. The molecule has 0 radical (unpaired) electrons. The topological polar surface area (TPSA) is 91.3 Å². The van der Waals surface area contributed by atoms with Crippen LogP contribution in [0.25, 0.3) is 11.1 Å². The van der Waals surface area contributed by atoms with Gasteiger partial charge in [-0.05, 0) is 54.9 Å². The van der Waals surface area contributed by atoms with E-state index in [1.54, 1.807) is 12.1 Å². The van der Waals surface area contributed by atoms with Crippen LogP contribution in [0.4, 0.5) is 9.18 Å². The molecule has 2 saturated heterocycles. The van der Waals surface area contributed by atoms with Crippen molar-refractivity contribution in [2.24, 2.45) is 5.92 Å². The number of methoxy groups -OCH3 is 1. The molecule has 2 aromatic carbocycles. The molecule has 2 fully saturated rings. The molecule has 9 heteroatoms. The molecule has 0 saturated carbocycles. The highest BCUT2D eigenvalue weighted by Crippen LogP contribution is 2.44. The molecule has 40 heavy (non-hydrogen) atoms. The third-order valence-electron chi connectivity index (χ3n) is 8.21. The monoisotopic (exact) mass is 555 g/mol. The minimum Gasteiger partial charge on any atom is -0.453 e. The average Bonchev–Trinajstić information content (AvgIpc) is 2.99. The molecule has 2 aromatic rings. The fourth-order valence-electron chi connectivity index (χ4n) is 5.95. The van der Waals surface area contributed by atoms with Crippen LogP contribution in [0.1, 0.15) is 43.7 Å². The maximum Gasteiger partial charge on any atom is 0.406 e. The number of ether oxygens (including phenoxy) is 2. The summed E-state index contributed by atoms with van der Waals surface area (Å²) in [4.78, 5) is 28.9. The first-order valence-corrected chi connectivity index (χ1v) is 14.4. The van der Waals surface area contributed by atoms with Gasteiger partial charge in [0.1, 0.15) is 5.82 Å². The second kappa shape index (κ2) is 14.1. The van der Waals surface area contributed by atoms with Crippen LogP contribution >= 0.6 is 0 Å². The number of amides is 2. The van der Waals surface area contributed by atoms with E-state index in [4.69, 9.17) is 4.74 Å². The van der Waals surface area contributed by atoms with Gasteiger partial charge in [-0.1, -0.05) is 43.3 Å². The first-order valence-electron chi connectivity index (χ1n) is 14.4. The fraction of sp³-hybridized carbons (Fsp3) is 0.548. The number of likely N-dealkylation sites (tertiary alicyclic amines) is 1. The molecule has 4 rings (SSSR count). The number of hydrogen-bond acceptors (Lipinski definition) is 6. The highest BCUT2D eigenvalue weighted by atomic mass is 19.1. The van der Waals surface area contributed by atoms with Crippen molar-refractivity contribution in [2.75, 3.05) is 59.6 Å². The summed E-state index contributed by atoms with van der Waals surface area (Å²) in [5.41, 5.74) is 1.28. The Balaban J connectivity index is 1.65. The molecule has 1 unspecified atom stereocenters. The van der Waals surface area contributed by atoms with Gasteiger partial charge < -0.3 is 24.8 Å². The predicted octanol–water partition coefficient (Wildman–Crippen LogP) is 3.95. The van der Waals surface area contributed by atoms with Crippen LogP contribution in [0.3, 0.4) is 0 Å². The number of aryl methyl sites for hydroxylation is 1. The van der Waals surface area contributed by atoms with Gasteiger partial charge in [0.15, 0.2) is 0 Å². The Labute approximate surface area is 236 Å². The summed E-state index contributed by atoms with van der Waals surface area (Å²) in [5, 5.41) is 15.2. The number of morpholine rings is 1. The van der Waals surface area contributed by atoms with Gasteiger partial charge in [-0.3, -0.25) is 9.69 Å². The van der Waals surface area contributed by atoms with Gasteiger partial charge in [0.2, 0.25) is 5.91 Å². The van der Waals surface area contributed by atoms with Gasteiger partial charge in [-0.25, -0.2) is 9.18 Å². The van der Waals surface area contributed by atoms with E-state index in [1.165, 1.54) is 13.2 Å². The normalized spacial score (nSPS) is 19.6. The van der Waals surface area contributed by atoms with Crippen LogP contribution < -0.4 is 5.32 Å². The molecule has 0 aromatic heterocycles. The SMILES string of the molecule is CCc1cccc(-c2c(F)cccc2C(O)(CCCNC(=O)OC)[C@@H]2CCCN(C(=O)CN3CCOCC3)C2)c1. The first-order chi connectivity index (χ1) is 19.4. The largest absolute Gasteiger partial charge is 0.453 e. The number of halogens is 1. The summed E-state index contributed by atoms with van der Waals surface area (Å²) in [7, 11) is 1.31. The molecule has 2 atom stereocenters. The lowest BCUT2D eigenvalue weighted by Crippen LogP contribution is -2.51. The third kappa shape index (κ3) is 7.19. The molecule has 2 heterocycles. The zero-order chi connectivity index (χ0) is 28.5. The Hall–Kier alpha value is -3.01. The maximum absolute atomic E-state index is 15.6. The van der Waals surface area contributed by atoms with Gasteiger partial charge in [-0.15, -0.1) is 0 Å². The molecule has 0 spiro atoms. The van der Waals surface area contributed by atoms with Gasteiger partial charge in [0.25, 0.3) is 0 Å². The minimum atomic E-state index is -1.42. The van der Waals surface area contributed by atoms with E-state index in [0.717, 1.165) is 37.1 Å². The number of piperidine rings is 1. The summed E-state index contributed by atoms with van der Waals surface area (Å²) < 4.78 is 25.7. The molecule has 2 N–H and O–H groups in total.